The Balaban J connectivity index is 1.52. The molecule has 0 saturated heterocycles. The molecule has 0 heterocycles. The molecule has 4 rings (SSSR count). The van der Waals surface area contributed by atoms with Crippen LogP contribution in [0.2, 0.25) is 0 Å². The molecular formula is C21H24N2O3S. The number of sulfonamides is 1. The summed E-state index contributed by atoms with van der Waals surface area (Å²) in [5.41, 5.74) is 1.63. The van der Waals surface area contributed by atoms with Crippen LogP contribution >= 0.6 is 0 Å². The Labute approximate surface area is 160 Å². The number of amides is 1. The van der Waals surface area contributed by atoms with Gasteiger partial charge < -0.3 is 5.32 Å². The summed E-state index contributed by atoms with van der Waals surface area (Å²) < 4.78 is 22.7. The van der Waals surface area contributed by atoms with E-state index in [4.69, 9.17) is 5.14 Å². The van der Waals surface area contributed by atoms with Crippen molar-refractivity contribution in [3.63, 3.8) is 0 Å². The highest BCUT2D eigenvalue weighted by atomic mass is 32.2. The molecule has 2 aliphatic rings. The van der Waals surface area contributed by atoms with Crippen molar-refractivity contribution in [1.82, 2.24) is 5.32 Å². The van der Waals surface area contributed by atoms with E-state index in [1.165, 1.54) is 25.0 Å². The first-order chi connectivity index (χ1) is 12.9. The van der Waals surface area contributed by atoms with Crippen molar-refractivity contribution in [3.05, 3.63) is 65.7 Å². The Morgan fingerprint density at radius 3 is 2.22 bits per heavy atom. The molecule has 142 valence electrons. The highest BCUT2D eigenvalue weighted by Gasteiger charge is 2.72. The van der Waals surface area contributed by atoms with Gasteiger partial charge in [-0.2, -0.15) is 0 Å². The van der Waals surface area contributed by atoms with E-state index >= 15 is 0 Å². The first-order valence-electron chi connectivity index (χ1n) is 9.33. The molecule has 0 aliphatic heterocycles. The van der Waals surface area contributed by atoms with Gasteiger partial charge in [0.05, 0.1) is 10.3 Å². The minimum Gasteiger partial charge on any atom is -0.351 e. The number of carbonyl (C=O) groups is 1. The van der Waals surface area contributed by atoms with Gasteiger partial charge in [-0.05, 0) is 47.9 Å². The Kier molecular flexibility index (Phi) is 4.35. The van der Waals surface area contributed by atoms with Gasteiger partial charge >= 0.3 is 0 Å². The van der Waals surface area contributed by atoms with Gasteiger partial charge in [0, 0.05) is 6.54 Å². The summed E-state index contributed by atoms with van der Waals surface area (Å²) in [5, 5.41) is 8.22. The fourth-order valence-electron chi connectivity index (χ4n) is 4.83. The number of hydrogen-bond acceptors (Lipinski definition) is 3. The van der Waals surface area contributed by atoms with Crippen molar-refractivity contribution in [3.8, 4) is 0 Å². The zero-order chi connectivity index (χ0) is 19.1. The maximum absolute atomic E-state index is 13.3. The number of nitrogens with one attached hydrogen (secondary N) is 1. The normalized spacial score (nSPS) is 23.3. The van der Waals surface area contributed by atoms with Gasteiger partial charge in [0.1, 0.15) is 0 Å². The maximum Gasteiger partial charge on any atom is 0.238 e. The SMILES string of the molecule is NS(=O)(=O)c1ccc(CNC(=O)[C@]2(c3ccccc3)CC23CCCC3)cc1. The van der Waals surface area contributed by atoms with Crippen molar-refractivity contribution in [2.75, 3.05) is 0 Å². The summed E-state index contributed by atoms with van der Waals surface area (Å²) in [7, 11) is -3.70. The lowest BCUT2D eigenvalue weighted by Crippen LogP contribution is -2.38. The Morgan fingerprint density at radius 2 is 1.63 bits per heavy atom. The molecule has 0 radical (unpaired) electrons. The van der Waals surface area contributed by atoms with E-state index in [0.717, 1.165) is 30.4 Å². The van der Waals surface area contributed by atoms with Crippen LogP contribution in [0.5, 0.6) is 0 Å². The number of benzene rings is 2. The third-order valence-corrected chi connectivity index (χ3v) is 7.23. The number of nitrogens with two attached hydrogens (primary N) is 1. The zero-order valence-corrected chi connectivity index (χ0v) is 16.0. The molecule has 1 atom stereocenters. The molecule has 6 heteroatoms. The summed E-state index contributed by atoms with van der Waals surface area (Å²) >= 11 is 0. The second-order valence-corrected chi connectivity index (χ2v) is 9.37. The lowest BCUT2D eigenvalue weighted by atomic mass is 9.84. The lowest BCUT2D eigenvalue weighted by molar-refractivity contribution is -0.124. The molecule has 3 N–H and O–H groups in total. The first kappa shape index (κ1) is 18.2. The van der Waals surface area contributed by atoms with Crippen molar-refractivity contribution in [2.45, 2.75) is 49.0 Å². The van der Waals surface area contributed by atoms with E-state index < -0.39 is 15.4 Å². The maximum atomic E-state index is 13.3. The molecule has 0 bridgehead atoms. The highest BCUT2D eigenvalue weighted by Crippen LogP contribution is 2.72. The predicted molar refractivity (Wildman–Crippen MR) is 103 cm³/mol. The summed E-state index contributed by atoms with van der Waals surface area (Å²) in [6.45, 7) is 0.369. The van der Waals surface area contributed by atoms with E-state index in [-0.39, 0.29) is 16.2 Å². The van der Waals surface area contributed by atoms with Gasteiger partial charge in [0.2, 0.25) is 15.9 Å². The van der Waals surface area contributed by atoms with E-state index in [0.29, 0.717) is 6.54 Å². The van der Waals surface area contributed by atoms with Crippen LogP contribution in [0.15, 0.2) is 59.5 Å². The van der Waals surface area contributed by atoms with Crippen molar-refractivity contribution in [2.24, 2.45) is 10.6 Å². The molecule has 2 fully saturated rings. The van der Waals surface area contributed by atoms with Gasteiger partial charge in [-0.3, -0.25) is 4.79 Å². The molecule has 2 aromatic rings. The average molecular weight is 385 g/mol. The van der Waals surface area contributed by atoms with Gasteiger partial charge in [0.15, 0.2) is 0 Å². The van der Waals surface area contributed by atoms with Crippen LogP contribution in [0.3, 0.4) is 0 Å². The standard InChI is InChI=1S/C21H24N2O3S/c22-27(25,26)18-10-8-16(9-11-18)14-23-19(24)21(17-6-2-1-3-7-17)15-20(21)12-4-5-13-20/h1-3,6-11H,4-5,12-15H2,(H,23,24)(H2,22,25,26)/t21-/m1/s1. The van der Waals surface area contributed by atoms with Gasteiger partial charge in [0.25, 0.3) is 0 Å². The molecule has 1 spiro atoms. The summed E-state index contributed by atoms with van der Waals surface area (Å²) in [4.78, 5) is 13.3. The summed E-state index contributed by atoms with van der Waals surface area (Å²) in [6, 6.07) is 16.4. The van der Waals surface area contributed by atoms with Gasteiger partial charge in [-0.25, -0.2) is 13.6 Å². The van der Waals surface area contributed by atoms with Crippen molar-refractivity contribution < 1.29 is 13.2 Å². The summed E-state index contributed by atoms with van der Waals surface area (Å²) in [5.74, 6) is 0.0751. The van der Waals surface area contributed by atoms with Gasteiger partial charge in [-0.15, -0.1) is 0 Å². The molecule has 0 unspecified atom stereocenters. The van der Waals surface area contributed by atoms with Crippen LogP contribution in [0.25, 0.3) is 0 Å². The number of hydrogen-bond donors (Lipinski definition) is 2. The van der Waals surface area contributed by atoms with Crippen LogP contribution in [0.1, 0.15) is 43.2 Å². The largest absolute Gasteiger partial charge is 0.351 e. The molecular weight excluding hydrogens is 360 g/mol. The Bertz CT molecular complexity index is 949. The first-order valence-corrected chi connectivity index (χ1v) is 10.9. The number of rotatable bonds is 5. The Hall–Kier alpha value is -2.18. The van der Waals surface area contributed by atoms with Crippen LogP contribution < -0.4 is 10.5 Å². The molecule has 0 aromatic heterocycles. The second kappa shape index (κ2) is 6.46. The molecule has 5 nitrogen and oxygen atoms in total. The molecule has 2 aliphatic carbocycles. The topological polar surface area (TPSA) is 89.3 Å². The van der Waals surface area contributed by atoms with Crippen molar-refractivity contribution in [1.29, 1.82) is 0 Å². The van der Waals surface area contributed by atoms with E-state index in [9.17, 15) is 13.2 Å². The predicted octanol–water partition coefficient (Wildman–Crippen LogP) is 2.85. The third kappa shape index (κ3) is 3.07. The van der Waals surface area contributed by atoms with Crippen LogP contribution in [-0.4, -0.2) is 14.3 Å². The zero-order valence-electron chi connectivity index (χ0n) is 15.1. The fraction of sp³-hybridized carbons (Fsp3) is 0.381. The lowest BCUT2D eigenvalue weighted by Gasteiger charge is -2.22. The minimum atomic E-state index is -3.70. The van der Waals surface area contributed by atoms with E-state index in [1.807, 2.05) is 18.2 Å². The minimum absolute atomic E-state index is 0.0745. The van der Waals surface area contributed by atoms with E-state index in [1.54, 1.807) is 12.1 Å². The monoisotopic (exact) mass is 384 g/mol. The summed E-state index contributed by atoms with van der Waals surface area (Å²) in [6.07, 6.45) is 5.52. The van der Waals surface area contributed by atoms with Crippen LogP contribution in [-0.2, 0) is 26.8 Å². The number of primary sulfonamides is 1. The molecule has 2 saturated carbocycles. The molecule has 1 amide bonds. The fourth-order valence-corrected chi connectivity index (χ4v) is 5.35. The molecule has 2 aromatic carbocycles. The van der Waals surface area contributed by atoms with E-state index in [2.05, 4.69) is 17.4 Å². The second-order valence-electron chi connectivity index (χ2n) is 7.81. The average Bonchev–Trinajstić information content (AvgIpc) is 3.07. The van der Waals surface area contributed by atoms with Gasteiger partial charge in [-0.1, -0.05) is 55.3 Å². The Morgan fingerprint density at radius 1 is 1.00 bits per heavy atom. The quantitative estimate of drug-likeness (QED) is 0.831. The molecule has 27 heavy (non-hydrogen) atoms. The number of carbonyl (C=O) groups excluding carboxylic acids is 1. The highest BCUT2D eigenvalue weighted by molar-refractivity contribution is 7.89. The van der Waals surface area contributed by atoms with Crippen molar-refractivity contribution >= 4 is 15.9 Å². The van der Waals surface area contributed by atoms with Crippen LogP contribution in [0.4, 0.5) is 0 Å². The third-order valence-electron chi connectivity index (χ3n) is 6.30. The van der Waals surface area contributed by atoms with Crippen LogP contribution in [0, 0.1) is 5.41 Å². The smallest absolute Gasteiger partial charge is 0.238 e.